The summed E-state index contributed by atoms with van der Waals surface area (Å²) in [7, 11) is 3.75. The minimum Gasteiger partial charge on any atom is -0.371 e. The van der Waals surface area contributed by atoms with E-state index in [4.69, 9.17) is 4.98 Å². The van der Waals surface area contributed by atoms with E-state index in [9.17, 15) is 9.18 Å². The average molecular weight is 447 g/mol. The van der Waals surface area contributed by atoms with E-state index in [1.807, 2.05) is 36.9 Å². The van der Waals surface area contributed by atoms with E-state index >= 15 is 0 Å². The maximum absolute atomic E-state index is 13.1. The van der Waals surface area contributed by atoms with Gasteiger partial charge < -0.3 is 15.2 Å². The second-order valence-corrected chi connectivity index (χ2v) is 8.30. The van der Waals surface area contributed by atoms with Crippen LogP contribution in [-0.2, 0) is 13.6 Å². The number of rotatable bonds is 5. The van der Waals surface area contributed by atoms with Crippen molar-refractivity contribution in [2.24, 2.45) is 7.05 Å². The standard InChI is InChI=1S/C23H19FN6OS/c1-25-20-17-19(30(2)12-27-17)18-23(29-20)32-22(28-18)15-5-3-4-14(10-15)21(31)26-11-13-6-8-16(24)9-7-13/h3-10,12H,11H2,1-2H3,(H,25,29)(H,26,31). The summed E-state index contributed by atoms with van der Waals surface area (Å²) < 4.78 is 15.0. The molecule has 0 fully saturated rings. The molecule has 1 amide bonds. The lowest BCUT2D eigenvalue weighted by atomic mass is 10.1. The summed E-state index contributed by atoms with van der Waals surface area (Å²) in [6, 6.07) is 13.4. The number of aromatic nitrogens is 4. The fourth-order valence-electron chi connectivity index (χ4n) is 3.56. The van der Waals surface area contributed by atoms with Gasteiger partial charge in [0.05, 0.1) is 6.33 Å². The number of hydrogen-bond acceptors (Lipinski definition) is 6. The van der Waals surface area contributed by atoms with E-state index in [2.05, 4.69) is 20.6 Å². The van der Waals surface area contributed by atoms with Gasteiger partial charge in [-0.2, -0.15) is 0 Å². The normalized spacial score (nSPS) is 11.2. The number of nitrogens with one attached hydrogen (secondary N) is 2. The number of halogens is 1. The molecule has 0 unspecified atom stereocenters. The number of carbonyl (C=O) groups is 1. The SMILES string of the molecule is CNc1nc2sc(-c3cccc(C(=O)NCc4ccc(F)cc4)c3)nc2c2c1ncn2C. The summed E-state index contributed by atoms with van der Waals surface area (Å²) in [5.74, 6) is 0.197. The molecule has 0 saturated carbocycles. The number of anilines is 1. The summed E-state index contributed by atoms with van der Waals surface area (Å²) in [6.45, 7) is 0.319. The van der Waals surface area contributed by atoms with E-state index in [0.29, 0.717) is 17.9 Å². The van der Waals surface area contributed by atoms with Crippen molar-refractivity contribution in [2.45, 2.75) is 6.54 Å². The molecular weight excluding hydrogens is 427 g/mol. The number of hydrogen-bond donors (Lipinski definition) is 2. The molecule has 2 aromatic carbocycles. The first-order valence-corrected chi connectivity index (χ1v) is 10.8. The number of amides is 1. The highest BCUT2D eigenvalue weighted by Gasteiger charge is 2.17. The molecule has 32 heavy (non-hydrogen) atoms. The maximum atomic E-state index is 13.1. The Hall–Kier alpha value is -3.85. The summed E-state index contributed by atoms with van der Waals surface area (Å²) >= 11 is 1.47. The van der Waals surface area contributed by atoms with E-state index in [1.54, 1.807) is 24.5 Å². The van der Waals surface area contributed by atoms with Crippen LogP contribution >= 0.6 is 11.3 Å². The summed E-state index contributed by atoms with van der Waals surface area (Å²) in [6.07, 6.45) is 1.75. The van der Waals surface area contributed by atoms with E-state index in [-0.39, 0.29) is 11.7 Å². The van der Waals surface area contributed by atoms with Gasteiger partial charge in [-0.05, 0) is 29.8 Å². The van der Waals surface area contributed by atoms with E-state index < -0.39 is 0 Å². The number of imidazole rings is 1. The zero-order valence-corrected chi connectivity index (χ0v) is 18.2. The van der Waals surface area contributed by atoms with Crippen molar-refractivity contribution in [1.29, 1.82) is 0 Å². The molecule has 2 N–H and O–H groups in total. The van der Waals surface area contributed by atoms with Crippen LogP contribution in [0.3, 0.4) is 0 Å². The lowest BCUT2D eigenvalue weighted by molar-refractivity contribution is 0.0951. The van der Waals surface area contributed by atoms with Gasteiger partial charge in [0.25, 0.3) is 5.91 Å². The molecule has 0 aliphatic carbocycles. The van der Waals surface area contributed by atoms with Crippen LogP contribution in [0.2, 0.25) is 0 Å². The zero-order valence-electron chi connectivity index (χ0n) is 17.4. The van der Waals surface area contributed by atoms with Crippen LogP contribution in [0.25, 0.3) is 32.0 Å². The monoisotopic (exact) mass is 446 g/mol. The van der Waals surface area contributed by atoms with Crippen LogP contribution in [-0.4, -0.2) is 32.5 Å². The van der Waals surface area contributed by atoms with Crippen LogP contribution in [0, 0.1) is 5.82 Å². The molecule has 0 aliphatic heterocycles. The van der Waals surface area contributed by atoms with Crippen molar-refractivity contribution in [3.05, 3.63) is 71.8 Å². The fraction of sp³-hybridized carbons (Fsp3) is 0.130. The van der Waals surface area contributed by atoms with Gasteiger partial charge in [0, 0.05) is 31.8 Å². The van der Waals surface area contributed by atoms with Gasteiger partial charge in [-0.25, -0.2) is 19.3 Å². The largest absolute Gasteiger partial charge is 0.371 e. The minimum atomic E-state index is -0.302. The van der Waals surface area contributed by atoms with Crippen molar-refractivity contribution in [2.75, 3.05) is 12.4 Å². The quantitative estimate of drug-likeness (QED) is 0.419. The van der Waals surface area contributed by atoms with Crippen LogP contribution in [0.15, 0.2) is 54.9 Å². The van der Waals surface area contributed by atoms with Crippen molar-refractivity contribution < 1.29 is 9.18 Å². The number of benzene rings is 2. The third kappa shape index (κ3) is 3.56. The number of pyridine rings is 1. The minimum absolute atomic E-state index is 0.207. The lowest BCUT2D eigenvalue weighted by Gasteiger charge is -2.06. The lowest BCUT2D eigenvalue weighted by Crippen LogP contribution is -2.22. The average Bonchev–Trinajstić information content (AvgIpc) is 3.41. The molecule has 0 radical (unpaired) electrons. The summed E-state index contributed by atoms with van der Waals surface area (Å²) in [5.41, 5.74) is 4.66. The first-order valence-electron chi connectivity index (χ1n) is 9.96. The third-order valence-electron chi connectivity index (χ3n) is 5.18. The molecule has 0 aliphatic rings. The maximum Gasteiger partial charge on any atom is 0.251 e. The predicted molar refractivity (Wildman–Crippen MR) is 124 cm³/mol. The molecule has 0 atom stereocenters. The van der Waals surface area contributed by atoms with Gasteiger partial charge in [0.2, 0.25) is 0 Å². The molecule has 160 valence electrons. The molecule has 3 heterocycles. The Kier molecular flexibility index (Phi) is 5.02. The van der Waals surface area contributed by atoms with E-state index in [1.165, 1.54) is 23.5 Å². The number of carbonyl (C=O) groups excluding carboxylic acids is 1. The zero-order chi connectivity index (χ0) is 22.2. The van der Waals surface area contributed by atoms with Gasteiger partial charge >= 0.3 is 0 Å². The molecule has 5 rings (SSSR count). The summed E-state index contributed by atoms with van der Waals surface area (Å²) in [4.78, 5) is 27.4. The Morgan fingerprint density at radius 2 is 1.94 bits per heavy atom. The van der Waals surface area contributed by atoms with Crippen LogP contribution in [0.4, 0.5) is 10.2 Å². The highest BCUT2D eigenvalue weighted by Crippen LogP contribution is 2.35. The van der Waals surface area contributed by atoms with Crippen molar-refractivity contribution >= 4 is 44.4 Å². The van der Waals surface area contributed by atoms with Crippen LogP contribution in [0.1, 0.15) is 15.9 Å². The van der Waals surface area contributed by atoms with Gasteiger partial charge in [-0.15, -0.1) is 0 Å². The van der Waals surface area contributed by atoms with Crippen LogP contribution in [0.5, 0.6) is 0 Å². The van der Waals surface area contributed by atoms with Gasteiger partial charge in [-0.1, -0.05) is 35.6 Å². The van der Waals surface area contributed by atoms with E-state index in [0.717, 1.165) is 37.5 Å². The predicted octanol–water partition coefficient (Wildman–Crippen LogP) is 4.36. The molecule has 0 saturated heterocycles. The molecule has 9 heteroatoms. The first-order chi connectivity index (χ1) is 15.5. The first kappa shape index (κ1) is 20.1. The number of nitrogens with zero attached hydrogens (tertiary/aromatic N) is 4. The van der Waals surface area contributed by atoms with Crippen molar-refractivity contribution in [1.82, 2.24) is 24.8 Å². The van der Waals surface area contributed by atoms with Gasteiger partial charge in [0.1, 0.15) is 32.2 Å². The second-order valence-electron chi connectivity index (χ2n) is 7.33. The smallest absolute Gasteiger partial charge is 0.251 e. The molecule has 0 spiro atoms. The molecule has 3 aromatic heterocycles. The van der Waals surface area contributed by atoms with Gasteiger partial charge in [0.15, 0.2) is 5.82 Å². The highest BCUT2D eigenvalue weighted by molar-refractivity contribution is 7.21. The summed E-state index contributed by atoms with van der Waals surface area (Å²) in [5, 5.41) is 6.74. The van der Waals surface area contributed by atoms with Crippen molar-refractivity contribution in [3.63, 3.8) is 0 Å². The Balaban J connectivity index is 1.46. The Morgan fingerprint density at radius 1 is 1.12 bits per heavy atom. The third-order valence-corrected chi connectivity index (χ3v) is 6.18. The molecule has 0 bridgehead atoms. The molecular formula is C23H19FN6OS. The number of fused-ring (bicyclic) bond motifs is 3. The molecule has 7 nitrogen and oxygen atoms in total. The van der Waals surface area contributed by atoms with Gasteiger partial charge in [-0.3, -0.25) is 4.79 Å². The Morgan fingerprint density at radius 3 is 2.72 bits per heavy atom. The number of thiazole rings is 1. The fourth-order valence-corrected chi connectivity index (χ4v) is 4.50. The van der Waals surface area contributed by atoms with Crippen LogP contribution < -0.4 is 10.6 Å². The number of aryl methyl sites for hydroxylation is 1. The Bertz CT molecular complexity index is 1460. The topological polar surface area (TPSA) is 84.7 Å². The molecule has 5 aromatic rings. The highest BCUT2D eigenvalue weighted by atomic mass is 32.1. The second kappa shape index (κ2) is 8.01. The van der Waals surface area contributed by atoms with Crippen molar-refractivity contribution in [3.8, 4) is 10.6 Å². The Labute approximate surface area is 187 Å².